The third kappa shape index (κ3) is 3.28. The lowest BCUT2D eigenvalue weighted by molar-refractivity contribution is 0.0999. The highest BCUT2D eigenvalue weighted by atomic mass is 16.5. The minimum Gasteiger partial charge on any atom is -0.494 e. The van der Waals surface area contributed by atoms with Crippen molar-refractivity contribution in [2.24, 2.45) is 5.73 Å². The summed E-state index contributed by atoms with van der Waals surface area (Å²) in [5.74, 6) is 0.299. The number of hydrogen-bond acceptors (Lipinski definition) is 5. The highest BCUT2D eigenvalue weighted by molar-refractivity contribution is 6.00. The first-order chi connectivity index (χ1) is 10.0. The number of aryl methyl sites for hydroxylation is 1. The molecule has 1 heterocycles. The van der Waals surface area contributed by atoms with E-state index in [0.717, 1.165) is 17.7 Å². The molecule has 0 unspecified atom stereocenters. The van der Waals surface area contributed by atoms with E-state index < -0.39 is 5.91 Å². The number of nitrogen functional groups attached to an aromatic ring is 1. The van der Waals surface area contributed by atoms with Crippen LogP contribution in [0.2, 0.25) is 0 Å². The van der Waals surface area contributed by atoms with Crippen molar-refractivity contribution in [3.8, 4) is 17.0 Å². The van der Waals surface area contributed by atoms with E-state index in [2.05, 4.69) is 9.97 Å². The van der Waals surface area contributed by atoms with Gasteiger partial charge in [0.25, 0.3) is 5.91 Å². The maximum absolute atomic E-state index is 11.6. The Bertz CT molecular complexity index is 653. The van der Waals surface area contributed by atoms with Gasteiger partial charge in [-0.05, 0) is 37.6 Å². The predicted octanol–water partition coefficient (Wildman–Crippen LogP) is 1.92. The molecule has 0 saturated heterocycles. The van der Waals surface area contributed by atoms with E-state index >= 15 is 0 Å². The Kier molecular flexibility index (Phi) is 4.37. The van der Waals surface area contributed by atoms with Crippen LogP contribution in [0.4, 0.5) is 5.95 Å². The minimum atomic E-state index is -0.575. The number of benzene rings is 1. The molecule has 0 aliphatic heterocycles. The average Bonchev–Trinajstić information content (AvgIpc) is 2.44. The van der Waals surface area contributed by atoms with Crippen molar-refractivity contribution in [1.29, 1.82) is 0 Å². The normalized spacial score (nSPS) is 10.4. The largest absolute Gasteiger partial charge is 0.494 e. The van der Waals surface area contributed by atoms with Crippen LogP contribution in [0.15, 0.2) is 24.3 Å². The lowest BCUT2D eigenvalue weighted by Gasteiger charge is -2.10. The number of carbonyl (C=O) groups excluding carboxylic acids is 1. The molecule has 1 aromatic heterocycles. The minimum absolute atomic E-state index is 0.110. The maximum atomic E-state index is 11.6. The Morgan fingerprint density at radius 1 is 1.24 bits per heavy atom. The highest BCUT2D eigenvalue weighted by Crippen LogP contribution is 2.26. The van der Waals surface area contributed by atoms with Crippen LogP contribution in [0, 0.1) is 6.92 Å². The first-order valence-electron chi connectivity index (χ1n) is 6.70. The summed E-state index contributed by atoms with van der Waals surface area (Å²) in [6, 6.07) is 7.28. The van der Waals surface area contributed by atoms with Crippen molar-refractivity contribution in [1.82, 2.24) is 9.97 Å². The topological polar surface area (TPSA) is 104 Å². The molecule has 0 radical (unpaired) electrons. The average molecular weight is 286 g/mol. The zero-order valence-corrected chi connectivity index (χ0v) is 12.1. The molecule has 0 saturated carbocycles. The molecular formula is C15H18N4O2. The fourth-order valence-corrected chi connectivity index (χ4v) is 2.03. The summed E-state index contributed by atoms with van der Waals surface area (Å²) in [7, 11) is 0. The van der Waals surface area contributed by atoms with Gasteiger partial charge in [-0.3, -0.25) is 4.79 Å². The summed E-state index contributed by atoms with van der Waals surface area (Å²) < 4.78 is 5.52. The molecule has 0 aliphatic rings. The fraction of sp³-hybridized carbons (Fsp3) is 0.267. The van der Waals surface area contributed by atoms with E-state index in [0.29, 0.717) is 18.0 Å². The van der Waals surface area contributed by atoms with Crippen LogP contribution in [0.25, 0.3) is 11.3 Å². The second kappa shape index (κ2) is 6.21. The molecule has 0 fully saturated rings. The van der Waals surface area contributed by atoms with E-state index in [1.807, 2.05) is 31.2 Å². The third-order valence-electron chi connectivity index (χ3n) is 2.95. The van der Waals surface area contributed by atoms with Gasteiger partial charge in [0.1, 0.15) is 5.75 Å². The van der Waals surface area contributed by atoms with E-state index in [-0.39, 0.29) is 11.5 Å². The number of hydrogen-bond donors (Lipinski definition) is 2. The molecule has 21 heavy (non-hydrogen) atoms. The number of amides is 1. The number of ether oxygens (including phenoxy) is 1. The zero-order chi connectivity index (χ0) is 15.4. The van der Waals surface area contributed by atoms with Crippen LogP contribution in [0.3, 0.4) is 0 Å². The Morgan fingerprint density at radius 2 is 1.90 bits per heavy atom. The Labute approximate surface area is 123 Å². The van der Waals surface area contributed by atoms with Gasteiger partial charge in [0.15, 0.2) is 0 Å². The van der Waals surface area contributed by atoms with Gasteiger partial charge in [-0.15, -0.1) is 0 Å². The van der Waals surface area contributed by atoms with Crippen molar-refractivity contribution in [2.75, 3.05) is 12.3 Å². The van der Waals surface area contributed by atoms with Gasteiger partial charge in [-0.1, -0.05) is 6.92 Å². The van der Waals surface area contributed by atoms with Gasteiger partial charge < -0.3 is 16.2 Å². The van der Waals surface area contributed by atoms with E-state index in [1.54, 1.807) is 6.92 Å². The van der Waals surface area contributed by atoms with E-state index in [1.165, 1.54) is 0 Å². The summed E-state index contributed by atoms with van der Waals surface area (Å²) in [5, 5.41) is 0. The fourth-order valence-electron chi connectivity index (χ4n) is 2.03. The number of nitrogens with zero attached hydrogens (tertiary/aromatic N) is 2. The molecule has 0 bridgehead atoms. The second-order valence-corrected chi connectivity index (χ2v) is 4.63. The molecule has 6 nitrogen and oxygen atoms in total. The number of primary amides is 1. The Morgan fingerprint density at radius 3 is 2.48 bits per heavy atom. The molecular weight excluding hydrogens is 268 g/mol. The molecule has 4 N–H and O–H groups in total. The van der Waals surface area contributed by atoms with Crippen molar-refractivity contribution in [3.63, 3.8) is 0 Å². The van der Waals surface area contributed by atoms with Crippen molar-refractivity contribution in [2.45, 2.75) is 20.3 Å². The number of aromatic nitrogens is 2. The number of rotatable bonds is 5. The molecule has 6 heteroatoms. The molecule has 0 aliphatic carbocycles. The van der Waals surface area contributed by atoms with Crippen molar-refractivity contribution >= 4 is 11.9 Å². The summed E-state index contributed by atoms with van der Waals surface area (Å²) >= 11 is 0. The molecule has 0 atom stereocenters. The Hall–Kier alpha value is -2.63. The first-order valence-corrected chi connectivity index (χ1v) is 6.70. The number of anilines is 1. The number of nitrogens with two attached hydrogens (primary N) is 2. The Balaban J connectivity index is 2.44. The van der Waals surface area contributed by atoms with Crippen LogP contribution in [0.1, 0.15) is 29.4 Å². The summed E-state index contributed by atoms with van der Waals surface area (Å²) in [5.41, 5.74) is 13.0. The van der Waals surface area contributed by atoms with Gasteiger partial charge in [0, 0.05) is 5.56 Å². The van der Waals surface area contributed by atoms with Crippen LogP contribution >= 0.6 is 0 Å². The number of carbonyl (C=O) groups is 1. The zero-order valence-electron chi connectivity index (χ0n) is 12.1. The van der Waals surface area contributed by atoms with Gasteiger partial charge in [0.2, 0.25) is 5.95 Å². The second-order valence-electron chi connectivity index (χ2n) is 4.63. The summed E-state index contributed by atoms with van der Waals surface area (Å²) in [4.78, 5) is 19.7. The quantitative estimate of drug-likeness (QED) is 0.873. The molecule has 0 spiro atoms. The molecule has 2 rings (SSSR count). The summed E-state index contributed by atoms with van der Waals surface area (Å²) in [6.07, 6.45) is 0.940. The third-order valence-corrected chi connectivity index (χ3v) is 2.95. The van der Waals surface area contributed by atoms with Gasteiger partial charge in [-0.2, -0.15) is 0 Å². The smallest absolute Gasteiger partial charge is 0.252 e. The highest BCUT2D eigenvalue weighted by Gasteiger charge is 2.17. The van der Waals surface area contributed by atoms with Crippen LogP contribution in [-0.4, -0.2) is 22.5 Å². The standard InChI is InChI=1S/C15H18N4O2/c1-3-8-21-11-6-4-10(5-7-11)13-12(14(16)20)9(2)18-15(17)19-13/h4-7H,3,8H2,1-2H3,(H2,16,20)(H2,17,18,19). The van der Waals surface area contributed by atoms with Gasteiger partial charge >= 0.3 is 0 Å². The van der Waals surface area contributed by atoms with Crippen LogP contribution in [0.5, 0.6) is 5.75 Å². The lowest BCUT2D eigenvalue weighted by Crippen LogP contribution is -2.17. The first kappa shape index (κ1) is 14.8. The molecule has 110 valence electrons. The molecule has 2 aromatic rings. The predicted molar refractivity (Wildman–Crippen MR) is 80.9 cm³/mol. The van der Waals surface area contributed by atoms with Crippen molar-refractivity contribution in [3.05, 3.63) is 35.5 Å². The van der Waals surface area contributed by atoms with Crippen LogP contribution < -0.4 is 16.2 Å². The van der Waals surface area contributed by atoms with Crippen LogP contribution in [-0.2, 0) is 0 Å². The summed E-state index contributed by atoms with van der Waals surface area (Å²) in [6.45, 7) is 4.38. The maximum Gasteiger partial charge on any atom is 0.252 e. The van der Waals surface area contributed by atoms with Gasteiger partial charge in [0.05, 0.1) is 23.6 Å². The molecule has 1 aromatic carbocycles. The molecule has 1 amide bonds. The lowest BCUT2D eigenvalue weighted by atomic mass is 10.0. The van der Waals surface area contributed by atoms with E-state index in [4.69, 9.17) is 16.2 Å². The SMILES string of the molecule is CCCOc1ccc(-c2nc(N)nc(C)c2C(N)=O)cc1. The van der Waals surface area contributed by atoms with Gasteiger partial charge in [-0.25, -0.2) is 9.97 Å². The van der Waals surface area contributed by atoms with Crippen molar-refractivity contribution < 1.29 is 9.53 Å². The van der Waals surface area contributed by atoms with E-state index in [9.17, 15) is 4.79 Å². The monoisotopic (exact) mass is 286 g/mol.